The summed E-state index contributed by atoms with van der Waals surface area (Å²) >= 11 is 0. The number of imidazole rings is 1. The fourth-order valence-electron chi connectivity index (χ4n) is 3.94. The first-order chi connectivity index (χ1) is 16.3. The molecule has 0 unspecified atom stereocenters. The van der Waals surface area contributed by atoms with E-state index in [9.17, 15) is 29.3 Å². The highest BCUT2D eigenvalue weighted by molar-refractivity contribution is 6.21. The van der Waals surface area contributed by atoms with Crippen LogP contribution < -0.4 is 0 Å². The molecule has 1 aromatic heterocycles. The summed E-state index contributed by atoms with van der Waals surface area (Å²) in [5.41, 5.74) is 0.944. The van der Waals surface area contributed by atoms with Crippen molar-refractivity contribution >= 4 is 29.6 Å². The summed E-state index contributed by atoms with van der Waals surface area (Å²) in [6, 6.07) is 12.5. The number of hydrogen-bond donors (Lipinski definition) is 1. The summed E-state index contributed by atoms with van der Waals surface area (Å²) in [4.78, 5) is 74.3. The molecular formula is C22H15N5O7. The van der Waals surface area contributed by atoms with E-state index in [0.29, 0.717) is 5.06 Å². The van der Waals surface area contributed by atoms with Crippen LogP contribution in [0.25, 0.3) is 0 Å². The van der Waals surface area contributed by atoms with E-state index in [1.807, 2.05) is 0 Å². The molecule has 3 aromatic rings. The summed E-state index contributed by atoms with van der Waals surface area (Å²) < 4.78 is 0. The number of benzene rings is 2. The number of rotatable bonds is 7. The van der Waals surface area contributed by atoms with Crippen molar-refractivity contribution in [3.63, 3.8) is 0 Å². The number of amides is 4. The van der Waals surface area contributed by atoms with Crippen LogP contribution in [-0.2, 0) is 11.3 Å². The fourth-order valence-corrected chi connectivity index (χ4v) is 3.94. The summed E-state index contributed by atoms with van der Waals surface area (Å²) in [6.45, 7) is -0.319. The first-order valence-corrected chi connectivity index (χ1v) is 10.1. The van der Waals surface area contributed by atoms with Crippen LogP contribution in [0.4, 0.5) is 5.95 Å². The van der Waals surface area contributed by atoms with E-state index in [1.165, 1.54) is 30.5 Å². The number of H-pyrrole nitrogens is 1. The molecule has 170 valence electrons. The smallest absolute Gasteiger partial charge is 0.390 e. The van der Waals surface area contributed by atoms with Crippen LogP contribution in [-0.4, -0.2) is 61.1 Å². The molecule has 12 heteroatoms. The highest BCUT2D eigenvalue weighted by Gasteiger charge is 2.41. The lowest BCUT2D eigenvalue weighted by molar-refractivity contribution is -0.393. The van der Waals surface area contributed by atoms with Gasteiger partial charge in [0.2, 0.25) is 0 Å². The van der Waals surface area contributed by atoms with Crippen molar-refractivity contribution in [3.05, 3.63) is 92.8 Å². The summed E-state index contributed by atoms with van der Waals surface area (Å²) in [6.07, 6.45) is 0.0389. The van der Waals surface area contributed by atoms with E-state index in [2.05, 4.69) is 9.97 Å². The highest BCUT2D eigenvalue weighted by atomic mass is 16.7. The van der Waals surface area contributed by atoms with Crippen molar-refractivity contribution in [3.8, 4) is 0 Å². The summed E-state index contributed by atoms with van der Waals surface area (Å²) in [5, 5.41) is 11.5. The Kier molecular flexibility index (Phi) is 4.98. The molecule has 5 rings (SSSR count). The van der Waals surface area contributed by atoms with Crippen LogP contribution in [0.5, 0.6) is 0 Å². The van der Waals surface area contributed by atoms with Crippen LogP contribution in [0, 0.1) is 10.1 Å². The molecule has 0 aliphatic carbocycles. The van der Waals surface area contributed by atoms with Gasteiger partial charge in [0, 0.05) is 6.42 Å². The Balaban J connectivity index is 1.43. The third-order valence-electron chi connectivity index (χ3n) is 5.50. The Morgan fingerprint density at radius 2 is 1.38 bits per heavy atom. The molecule has 0 fully saturated rings. The summed E-state index contributed by atoms with van der Waals surface area (Å²) in [5.74, 6) is -2.99. The molecule has 1 N–H and O–H groups in total. The number of hydroxylamine groups is 2. The zero-order valence-corrected chi connectivity index (χ0v) is 17.3. The van der Waals surface area contributed by atoms with Crippen LogP contribution in [0.3, 0.4) is 0 Å². The van der Waals surface area contributed by atoms with Crippen LogP contribution in [0.2, 0.25) is 0 Å². The number of nitro groups is 1. The van der Waals surface area contributed by atoms with E-state index in [0.717, 1.165) is 4.90 Å². The molecule has 34 heavy (non-hydrogen) atoms. The lowest BCUT2D eigenvalue weighted by Gasteiger charge is -2.25. The number of hydrogen-bond acceptors (Lipinski definition) is 8. The third kappa shape index (κ3) is 3.42. The number of nitrogens with zero attached hydrogens (tertiary/aromatic N) is 4. The third-order valence-corrected chi connectivity index (χ3v) is 5.50. The molecule has 12 nitrogen and oxygen atoms in total. The minimum absolute atomic E-state index is 0.134. The van der Waals surface area contributed by atoms with Crippen molar-refractivity contribution in [1.29, 1.82) is 0 Å². The first-order valence-electron chi connectivity index (χ1n) is 10.1. The Bertz CT molecular complexity index is 1230. The average molecular weight is 461 g/mol. The van der Waals surface area contributed by atoms with Crippen molar-refractivity contribution in [2.75, 3.05) is 6.54 Å². The number of carbonyl (C=O) groups excluding carboxylic acids is 4. The number of nitrogens with one attached hydrogen (secondary N) is 1. The van der Waals surface area contributed by atoms with Gasteiger partial charge in [-0.3, -0.25) is 28.9 Å². The number of carbonyl (C=O) groups is 4. The minimum atomic E-state index is -1.10. The van der Waals surface area contributed by atoms with Gasteiger partial charge in [0.1, 0.15) is 12.3 Å². The lowest BCUT2D eigenvalue weighted by atomic mass is 10.1. The number of imide groups is 2. The maximum atomic E-state index is 12.8. The average Bonchev–Trinajstić information content (AvgIpc) is 3.47. The van der Waals surface area contributed by atoms with E-state index < -0.39 is 40.6 Å². The van der Waals surface area contributed by atoms with Crippen LogP contribution in [0.15, 0.2) is 54.7 Å². The SMILES string of the molecule is O=C1c2ccccc2C(=O)N1C[C@@H](Cc1c[nH]c([N+](=O)[O-])n1)ON1C(=O)c2ccccc2C1=O. The number of fused-ring (bicyclic) bond motifs is 2. The second kappa shape index (κ2) is 8.01. The monoisotopic (exact) mass is 461 g/mol. The summed E-state index contributed by atoms with van der Waals surface area (Å²) in [7, 11) is 0. The van der Waals surface area contributed by atoms with Crippen molar-refractivity contribution in [2.24, 2.45) is 0 Å². The second-order valence-electron chi connectivity index (χ2n) is 7.62. The van der Waals surface area contributed by atoms with Crippen LogP contribution in [0.1, 0.15) is 47.1 Å². The molecule has 4 amide bonds. The van der Waals surface area contributed by atoms with Gasteiger partial charge in [-0.15, -0.1) is 5.06 Å². The van der Waals surface area contributed by atoms with Gasteiger partial charge in [-0.25, -0.2) is 4.98 Å². The van der Waals surface area contributed by atoms with E-state index in [-0.39, 0.29) is 40.9 Å². The highest BCUT2D eigenvalue weighted by Crippen LogP contribution is 2.27. The Hall–Kier alpha value is -4.71. The zero-order chi connectivity index (χ0) is 24.0. The van der Waals surface area contributed by atoms with E-state index in [1.54, 1.807) is 24.3 Å². The van der Waals surface area contributed by atoms with E-state index in [4.69, 9.17) is 4.84 Å². The Morgan fingerprint density at radius 1 is 0.882 bits per heavy atom. The molecule has 0 radical (unpaired) electrons. The number of aromatic nitrogens is 2. The van der Waals surface area contributed by atoms with Crippen molar-refractivity contribution in [2.45, 2.75) is 12.5 Å². The normalized spacial score (nSPS) is 15.6. The predicted octanol–water partition coefficient (Wildman–Crippen LogP) is 1.75. The first kappa shape index (κ1) is 21.2. The molecule has 3 heterocycles. The molecule has 0 saturated heterocycles. The van der Waals surface area contributed by atoms with Crippen molar-refractivity contribution < 1.29 is 28.9 Å². The largest absolute Gasteiger partial charge is 0.432 e. The molecule has 2 aromatic carbocycles. The minimum Gasteiger partial charge on any atom is -0.390 e. The standard InChI is InChI=1S/C22H15N5O7/c28-18-14-5-1-2-6-15(14)19(29)25(18)11-13(9-12-10-23-22(24-12)27(32)33)34-26-20(30)16-7-3-4-8-17(16)21(26)31/h1-8,10,13H,9,11H2,(H,23,24)/t13-/m1/s1. The molecule has 0 spiro atoms. The Morgan fingerprint density at radius 3 is 1.85 bits per heavy atom. The van der Waals surface area contributed by atoms with Gasteiger partial charge in [0.25, 0.3) is 23.6 Å². The predicted molar refractivity (Wildman–Crippen MR) is 113 cm³/mol. The van der Waals surface area contributed by atoms with Gasteiger partial charge in [-0.2, -0.15) is 0 Å². The zero-order valence-electron chi connectivity index (χ0n) is 17.3. The lowest BCUT2D eigenvalue weighted by Crippen LogP contribution is -2.43. The van der Waals surface area contributed by atoms with Gasteiger partial charge in [-0.1, -0.05) is 29.2 Å². The quantitative estimate of drug-likeness (QED) is 0.317. The van der Waals surface area contributed by atoms with Gasteiger partial charge < -0.3 is 10.1 Å². The molecule has 1 atom stereocenters. The van der Waals surface area contributed by atoms with Gasteiger partial charge in [0.15, 0.2) is 5.69 Å². The maximum Gasteiger partial charge on any atom is 0.432 e. The van der Waals surface area contributed by atoms with Crippen molar-refractivity contribution in [1.82, 2.24) is 19.9 Å². The second-order valence-corrected chi connectivity index (χ2v) is 7.62. The van der Waals surface area contributed by atoms with Crippen LogP contribution >= 0.6 is 0 Å². The molecular weight excluding hydrogens is 446 g/mol. The topological polar surface area (TPSA) is 156 Å². The van der Waals surface area contributed by atoms with Gasteiger partial charge in [-0.05, 0) is 29.2 Å². The molecule has 2 aliphatic heterocycles. The number of aromatic amines is 1. The van der Waals surface area contributed by atoms with E-state index >= 15 is 0 Å². The molecule has 2 aliphatic rings. The maximum absolute atomic E-state index is 12.8. The van der Waals surface area contributed by atoms with Gasteiger partial charge >= 0.3 is 5.95 Å². The Labute approximate surface area is 190 Å². The van der Waals surface area contributed by atoms with Gasteiger partial charge in [0.05, 0.1) is 28.8 Å². The fraction of sp³-hybridized carbons (Fsp3) is 0.136. The molecule has 0 bridgehead atoms. The molecule has 0 saturated carbocycles.